The van der Waals surface area contributed by atoms with Gasteiger partial charge in [0.2, 0.25) is 11.8 Å². The standard InChI is InChI=1S/C22H31N5O4S/c1-16-7-5-6-10-27(16)20(28)15-25-11-13-26(14-12-25)22(29)17(2)23-21-18-8-3-4-9-19(18)32(30,31)24-21/h3-4,8-9,16-17H,5-7,10-15H2,1-2H3,(H,23,24)/t16?,17-/m0/s1. The first-order valence-corrected chi connectivity index (χ1v) is 12.8. The Labute approximate surface area is 189 Å². The van der Waals surface area contributed by atoms with Gasteiger partial charge in [-0.2, -0.15) is 0 Å². The van der Waals surface area contributed by atoms with E-state index in [0.29, 0.717) is 44.3 Å². The molecule has 2 amide bonds. The van der Waals surface area contributed by atoms with Gasteiger partial charge in [0, 0.05) is 44.3 Å². The quantitative estimate of drug-likeness (QED) is 0.710. The number of benzene rings is 1. The smallest absolute Gasteiger partial charge is 0.263 e. The van der Waals surface area contributed by atoms with Crippen LogP contribution in [0, 0.1) is 0 Å². The van der Waals surface area contributed by atoms with E-state index in [1.165, 1.54) is 12.5 Å². The molecule has 2 fully saturated rings. The maximum atomic E-state index is 12.9. The number of carbonyl (C=O) groups excluding carboxylic acids is 2. The molecule has 1 aromatic carbocycles. The Morgan fingerprint density at radius 1 is 1.12 bits per heavy atom. The van der Waals surface area contributed by atoms with Crippen molar-refractivity contribution in [3.8, 4) is 0 Å². The van der Waals surface area contributed by atoms with Crippen LogP contribution < -0.4 is 4.72 Å². The molecule has 32 heavy (non-hydrogen) atoms. The van der Waals surface area contributed by atoms with Crippen LogP contribution in [0.15, 0.2) is 34.2 Å². The first-order chi connectivity index (χ1) is 15.3. The molecule has 0 aromatic heterocycles. The molecule has 10 heteroatoms. The van der Waals surface area contributed by atoms with Crippen molar-refractivity contribution in [1.29, 1.82) is 0 Å². The van der Waals surface area contributed by atoms with Crippen molar-refractivity contribution in [2.24, 2.45) is 4.99 Å². The summed E-state index contributed by atoms with van der Waals surface area (Å²) in [6.07, 6.45) is 3.32. The van der Waals surface area contributed by atoms with Crippen molar-refractivity contribution in [1.82, 2.24) is 19.4 Å². The molecule has 0 saturated carbocycles. The molecule has 2 saturated heterocycles. The third-order valence-electron chi connectivity index (χ3n) is 6.51. The van der Waals surface area contributed by atoms with E-state index >= 15 is 0 Å². The van der Waals surface area contributed by atoms with Crippen molar-refractivity contribution in [2.45, 2.75) is 50.1 Å². The molecule has 1 N–H and O–H groups in total. The minimum Gasteiger partial charge on any atom is -0.339 e. The van der Waals surface area contributed by atoms with E-state index in [0.717, 1.165) is 19.4 Å². The van der Waals surface area contributed by atoms with Gasteiger partial charge in [-0.15, -0.1) is 0 Å². The molecular formula is C22H31N5O4S. The van der Waals surface area contributed by atoms with Crippen LogP contribution in [-0.4, -0.2) is 92.1 Å². The van der Waals surface area contributed by atoms with Crippen LogP contribution in [0.5, 0.6) is 0 Å². The molecule has 3 heterocycles. The van der Waals surface area contributed by atoms with Crippen LogP contribution in [0.1, 0.15) is 38.7 Å². The van der Waals surface area contributed by atoms with Crippen molar-refractivity contribution in [3.05, 3.63) is 29.8 Å². The van der Waals surface area contributed by atoms with Gasteiger partial charge >= 0.3 is 0 Å². The fraction of sp³-hybridized carbons (Fsp3) is 0.591. The van der Waals surface area contributed by atoms with Gasteiger partial charge in [-0.05, 0) is 45.2 Å². The summed E-state index contributed by atoms with van der Waals surface area (Å²) in [6, 6.07) is 6.21. The summed E-state index contributed by atoms with van der Waals surface area (Å²) in [6.45, 7) is 7.35. The molecular weight excluding hydrogens is 430 g/mol. The lowest BCUT2D eigenvalue weighted by atomic mass is 10.0. The van der Waals surface area contributed by atoms with E-state index in [4.69, 9.17) is 0 Å². The molecule has 2 atom stereocenters. The van der Waals surface area contributed by atoms with E-state index in [-0.39, 0.29) is 22.5 Å². The lowest BCUT2D eigenvalue weighted by Gasteiger charge is -2.38. The Morgan fingerprint density at radius 2 is 1.84 bits per heavy atom. The second kappa shape index (κ2) is 9.19. The summed E-state index contributed by atoms with van der Waals surface area (Å²) >= 11 is 0. The molecule has 1 aromatic rings. The van der Waals surface area contributed by atoms with Gasteiger partial charge in [0.1, 0.15) is 11.9 Å². The predicted octanol–water partition coefficient (Wildman–Crippen LogP) is 0.659. The fourth-order valence-corrected chi connectivity index (χ4v) is 5.86. The normalized spacial score (nSPS) is 25.3. The lowest BCUT2D eigenvalue weighted by molar-refractivity contribution is -0.137. The van der Waals surface area contributed by atoms with E-state index < -0.39 is 16.1 Å². The molecule has 0 spiro atoms. The number of piperazine rings is 1. The fourth-order valence-electron chi connectivity index (χ4n) is 4.62. The predicted molar refractivity (Wildman–Crippen MR) is 121 cm³/mol. The molecule has 4 rings (SSSR count). The second-order valence-electron chi connectivity index (χ2n) is 8.79. The van der Waals surface area contributed by atoms with Gasteiger partial charge in [-0.25, -0.2) is 8.42 Å². The van der Waals surface area contributed by atoms with Gasteiger partial charge in [-0.3, -0.25) is 24.2 Å². The third-order valence-corrected chi connectivity index (χ3v) is 7.91. The van der Waals surface area contributed by atoms with Crippen LogP contribution >= 0.6 is 0 Å². The zero-order valence-corrected chi connectivity index (χ0v) is 19.5. The number of nitrogens with zero attached hydrogens (tertiary/aromatic N) is 4. The maximum Gasteiger partial charge on any atom is 0.263 e. The highest BCUT2D eigenvalue weighted by molar-refractivity contribution is 7.90. The topological polar surface area (TPSA) is 102 Å². The van der Waals surface area contributed by atoms with Gasteiger partial charge in [-0.1, -0.05) is 12.1 Å². The SMILES string of the molecule is CC1CCCCN1C(=O)CN1CCN(C(=O)[C@H](C)N=C2NS(=O)(=O)c3ccccc32)CC1. The first kappa shape index (κ1) is 22.7. The third kappa shape index (κ3) is 4.66. The molecule has 174 valence electrons. The monoisotopic (exact) mass is 461 g/mol. The van der Waals surface area contributed by atoms with Gasteiger partial charge < -0.3 is 9.80 Å². The van der Waals surface area contributed by atoms with Crippen molar-refractivity contribution < 1.29 is 18.0 Å². The number of likely N-dealkylation sites (tertiary alicyclic amines) is 1. The van der Waals surface area contributed by atoms with Gasteiger partial charge in [0.15, 0.2) is 0 Å². The Hall–Kier alpha value is -2.46. The van der Waals surface area contributed by atoms with Crippen molar-refractivity contribution in [3.63, 3.8) is 0 Å². The molecule has 0 aliphatic carbocycles. The Balaban J connectivity index is 1.33. The van der Waals surface area contributed by atoms with Gasteiger partial charge in [0.25, 0.3) is 10.0 Å². The minimum atomic E-state index is -3.63. The number of rotatable bonds is 4. The zero-order chi connectivity index (χ0) is 22.9. The average Bonchev–Trinajstić information content (AvgIpc) is 3.04. The Morgan fingerprint density at radius 3 is 2.56 bits per heavy atom. The number of sulfonamides is 1. The summed E-state index contributed by atoms with van der Waals surface area (Å²) in [5.41, 5.74) is 0.488. The molecule has 0 radical (unpaired) electrons. The number of piperidine rings is 1. The van der Waals surface area contributed by atoms with Crippen LogP contribution in [-0.2, 0) is 19.6 Å². The Bertz CT molecular complexity index is 1020. The molecule has 3 aliphatic heterocycles. The molecule has 3 aliphatic rings. The van der Waals surface area contributed by atoms with Crippen LogP contribution in [0.25, 0.3) is 0 Å². The number of amidine groups is 1. The highest BCUT2D eigenvalue weighted by Crippen LogP contribution is 2.23. The van der Waals surface area contributed by atoms with E-state index in [9.17, 15) is 18.0 Å². The number of amides is 2. The minimum absolute atomic E-state index is 0.142. The molecule has 1 unspecified atom stereocenters. The number of hydrogen-bond acceptors (Lipinski definition) is 6. The van der Waals surface area contributed by atoms with E-state index in [1.807, 2.05) is 4.90 Å². The molecule has 9 nitrogen and oxygen atoms in total. The van der Waals surface area contributed by atoms with E-state index in [2.05, 4.69) is 21.5 Å². The van der Waals surface area contributed by atoms with Crippen LogP contribution in [0.2, 0.25) is 0 Å². The van der Waals surface area contributed by atoms with Gasteiger partial charge in [0.05, 0.1) is 11.4 Å². The van der Waals surface area contributed by atoms with Crippen molar-refractivity contribution >= 4 is 27.7 Å². The summed E-state index contributed by atoms with van der Waals surface area (Å²) in [5.74, 6) is 0.238. The summed E-state index contributed by atoms with van der Waals surface area (Å²) in [5, 5.41) is 0. The molecule has 0 bridgehead atoms. The average molecular weight is 462 g/mol. The number of hydrogen-bond donors (Lipinski definition) is 1. The summed E-state index contributed by atoms with van der Waals surface area (Å²) in [4.78, 5) is 36.0. The second-order valence-corrected chi connectivity index (χ2v) is 10.4. The highest BCUT2D eigenvalue weighted by atomic mass is 32.2. The summed E-state index contributed by atoms with van der Waals surface area (Å²) in [7, 11) is -3.63. The Kier molecular flexibility index (Phi) is 6.52. The number of aliphatic imine (C=N–C) groups is 1. The first-order valence-electron chi connectivity index (χ1n) is 11.3. The van der Waals surface area contributed by atoms with Crippen molar-refractivity contribution in [2.75, 3.05) is 39.3 Å². The largest absolute Gasteiger partial charge is 0.339 e. The van der Waals surface area contributed by atoms with E-state index in [1.54, 1.807) is 30.0 Å². The lowest BCUT2D eigenvalue weighted by Crippen LogP contribution is -2.54. The maximum absolute atomic E-state index is 12.9. The highest BCUT2D eigenvalue weighted by Gasteiger charge is 2.33. The number of nitrogens with one attached hydrogen (secondary N) is 1. The zero-order valence-electron chi connectivity index (χ0n) is 18.7. The van der Waals surface area contributed by atoms with Crippen LogP contribution in [0.4, 0.5) is 0 Å². The summed E-state index contributed by atoms with van der Waals surface area (Å²) < 4.78 is 27.0. The number of fused-ring (bicyclic) bond motifs is 1. The number of carbonyl (C=O) groups is 2. The van der Waals surface area contributed by atoms with Crippen LogP contribution in [0.3, 0.4) is 0 Å².